The monoisotopic (exact) mass is 252 g/mol. The molecule has 3 fully saturated rings. The third-order valence-electron chi connectivity index (χ3n) is 4.49. The van der Waals surface area contributed by atoms with Gasteiger partial charge in [-0.2, -0.15) is 0 Å². The number of rotatable bonds is 5. The minimum absolute atomic E-state index is 0.0335. The summed E-state index contributed by atoms with van der Waals surface area (Å²) in [4.78, 5) is 23.2. The molecular formula is C14H20O4. The highest BCUT2D eigenvalue weighted by Crippen LogP contribution is 2.55. The fourth-order valence-electron chi connectivity index (χ4n) is 3.84. The number of hydrogen-bond acceptors (Lipinski definition) is 4. The predicted molar refractivity (Wildman–Crippen MR) is 63.8 cm³/mol. The smallest absolute Gasteiger partial charge is 0.309 e. The molecule has 100 valence electrons. The molecule has 3 rings (SSSR count). The van der Waals surface area contributed by atoms with Crippen LogP contribution in [0.3, 0.4) is 0 Å². The Bertz CT molecular complexity index is 376. The zero-order valence-electron chi connectivity index (χ0n) is 10.9. The Kier molecular flexibility index (Phi) is 2.93. The van der Waals surface area contributed by atoms with Gasteiger partial charge in [-0.1, -0.05) is 13.8 Å². The van der Waals surface area contributed by atoms with Crippen LogP contribution in [0.5, 0.6) is 0 Å². The molecule has 0 radical (unpaired) electrons. The van der Waals surface area contributed by atoms with Gasteiger partial charge in [-0.25, -0.2) is 0 Å². The second-order valence-electron chi connectivity index (χ2n) is 6.32. The molecule has 0 N–H and O–H groups in total. The van der Waals surface area contributed by atoms with Crippen LogP contribution >= 0.6 is 0 Å². The summed E-state index contributed by atoms with van der Waals surface area (Å²) in [6.07, 6.45) is 2.38. The lowest BCUT2D eigenvalue weighted by atomic mass is 9.88. The summed E-state index contributed by atoms with van der Waals surface area (Å²) in [5, 5.41) is 0. The molecule has 2 bridgehead atoms. The third-order valence-corrected chi connectivity index (χ3v) is 4.49. The number of ether oxygens (including phenoxy) is 2. The van der Waals surface area contributed by atoms with Crippen molar-refractivity contribution in [2.24, 2.45) is 23.7 Å². The number of ketones is 1. The number of Topliss-reactive ketones (excluding diaryl/α,β-unsaturated/α-hetero) is 1. The van der Waals surface area contributed by atoms with Crippen molar-refractivity contribution in [1.82, 2.24) is 0 Å². The lowest BCUT2D eigenvalue weighted by Gasteiger charge is -2.25. The van der Waals surface area contributed by atoms with Gasteiger partial charge < -0.3 is 9.47 Å². The van der Waals surface area contributed by atoms with E-state index in [0.717, 1.165) is 12.8 Å². The topological polar surface area (TPSA) is 52.6 Å². The minimum Gasteiger partial charge on any atom is -0.459 e. The van der Waals surface area contributed by atoms with Crippen LogP contribution in [0.25, 0.3) is 0 Å². The molecular weight excluding hydrogens is 232 g/mol. The summed E-state index contributed by atoms with van der Waals surface area (Å²) >= 11 is 0. The maximum atomic E-state index is 11.7. The van der Waals surface area contributed by atoms with Crippen LogP contribution in [0.15, 0.2) is 0 Å². The summed E-state index contributed by atoms with van der Waals surface area (Å²) in [5.74, 6) is 1.36. The van der Waals surface area contributed by atoms with Gasteiger partial charge in [-0.3, -0.25) is 9.59 Å². The lowest BCUT2D eigenvalue weighted by Crippen LogP contribution is -2.35. The maximum absolute atomic E-state index is 11.7. The van der Waals surface area contributed by atoms with E-state index in [2.05, 4.69) is 0 Å². The van der Waals surface area contributed by atoms with Crippen LogP contribution in [-0.2, 0) is 19.1 Å². The lowest BCUT2D eigenvalue weighted by molar-refractivity contribution is -0.148. The molecule has 18 heavy (non-hydrogen) atoms. The average Bonchev–Trinajstić information content (AvgIpc) is 2.87. The Morgan fingerprint density at radius 1 is 1.44 bits per heavy atom. The van der Waals surface area contributed by atoms with Crippen molar-refractivity contribution in [2.75, 3.05) is 6.61 Å². The fraction of sp³-hybridized carbons (Fsp3) is 0.857. The van der Waals surface area contributed by atoms with Gasteiger partial charge in [0.15, 0.2) is 5.78 Å². The first-order chi connectivity index (χ1) is 8.56. The molecule has 0 spiro atoms. The largest absolute Gasteiger partial charge is 0.459 e. The van der Waals surface area contributed by atoms with E-state index in [9.17, 15) is 9.59 Å². The minimum atomic E-state index is -0.0758. The van der Waals surface area contributed by atoms with Crippen molar-refractivity contribution >= 4 is 11.8 Å². The van der Waals surface area contributed by atoms with Gasteiger partial charge in [-0.05, 0) is 24.7 Å². The van der Waals surface area contributed by atoms with Crippen LogP contribution in [0.4, 0.5) is 0 Å². The zero-order valence-corrected chi connectivity index (χ0v) is 10.9. The molecule has 1 saturated heterocycles. The summed E-state index contributed by atoms with van der Waals surface area (Å²) in [7, 11) is 0. The number of hydrogen-bond donors (Lipinski definition) is 0. The maximum Gasteiger partial charge on any atom is 0.309 e. The molecule has 5 atom stereocenters. The fourth-order valence-corrected chi connectivity index (χ4v) is 3.84. The van der Waals surface area contributed by atoms with Gasteiger partial charge in [-0.15, -0.1) is 0 Å². The first-order valence-corrected chi connectivity index (χ1v) is 6.90. The molecule has 1 heterocycles. The third kappa shape index (κ3) is 1.87. The van der Waals surface area contributed by atoms with Crippen molar-refractivity contribution in [3.63, 3.8) is 0 Å². The molecule has 5 unspecified atom stereocenters. The number of esters is 1. The van der Waals surface area contributed by atoms with Crippen molar-refractivity contribution in [2.45, 2.75) is 45.3 Å². The number of carbonyl (C=O) groups is 2. The van der Waals surface area contributed by atoms with Crippen LogP contribution < -0.4 is 0 Å². The van der Waals surface area contributed by atoms with Gasteiger partial charge in [0.2, 0.25) is 0 Å². The standard InChI is InChI=1S/C14H20O4/c1-7(2)3-9(15)6-17-12-8-4-10-11(5-8)14(16)18-13(10)12/h7-8,10-13H,3-6H2,1-2H3. The molecule has 0 amide bonds. The average molecular weight is 252 g/mol. The first kappa shape index (κ1) is 12.2. The van der Waals surface area contributed by atoms with Crippen molar-refractivity contribution in [3.05, 3.63) is 0 Å². The van der Waals surface area contributed by atoms with Crippen LogP contribution in [-0.4, -0.2) is 30.6 Å². The van der Waals surface area contributed by atoms with Crippen molar-refractivity contribution in [1.29, 1.82) is 0 Å². The van der Waals surface area contributed by atoms with E-state index in [-0.39, 0.29) is 36.5 Å². The Hall–Kier alpha value is -0.900. The molecule has 0 aromatic carbocycles. The zero-order chi connectivity index (χ0) is 12.9. The summed E-state index contributed by atoms with van der Waals surface area (Å²) in [5.41, 5.74) is 0. The van der Waals surface area contributed by atoms with E-state index in [4.69, 9.17) is 9.47 Å². The van der Waals surface area contributed by atoms with Gasteiger partial charge in [0.1, 0.15) is 12.7 Å². The Morgan fingerprint density at radius 3 is 2.94 bits per heavy atom. The van der Waals surface area contributed by atoms with E-state index < -0.39 is 0 Å². The second-order valence-corrected chi connectivity index (χ2v) is 6.32. The number of carbonyl (C=O) groups excluding carboxylic acids is 2. The van der Waals surface area contributed by atoms with E-state index in [1.165, 1.54) is 0 Å². The predicted octanol–water partition coefficient (Wildman–Crippen LogP) is 1.57. The highest BCUT2D eigenvalue weighted by atomic mass is 16.6. The Labute approximate surface area is 107 Å². The molecule has 2 aliphatic carbocycles. The highest BCUT2D eigenvalue weighted by molar-refractivity contribution is 5.80. The second kappa shape index (κ2) is 4.34. The molecule has 0 aromatic heterocycles. The molecule has 4 nitrogen and oxygen atoms in total. The van der Waals surface area contributed by atoms with Gasteiger partial charge in [0.05, 0.1) is 12.0 Å². The van der Waals surface area contributed by atoms with Crippen molar-refractivity contribution < 1.29 is 19.1 Å². The van der Waals surface area contributed by atoms with Crippen LogP contribution in [0.1, 0.15) is 33.1 Å². The molecule has 2 saturated carbocycles. The normalized spacial score (nSPS) is 40.6. The Balaban J connectivity index is 1.56. The summed E-state index contributed by atoms with van der Waals surface area (Å²) in [6, 6.07) is 0. The molecule has 0 aromatic rings. The van der Waals surface area contributed by atoms with Gasteiger partial charge in [0.25, 0.3) is 0 Å². The SMILES string of the molecule is CC(C)CC(=O)COC1C2CC3C(=O)OC1C3C2. The van der Waals surface area contributed by atoms with E-state index in [0.29, 0.717) is 24.2 Å². The van der Waals surface area contributed by atoms with Crippen molar-refractivity contribution in [3.8, 4) is 0 Å². The van der Waals surface area contributed by atoms with Crippen LogP contribution in [0.2, 0.25) is 0 Å². The van der Waals surface area contributed by atoms with Crippen LogP contribution in [0, 0.1) is 23.7 Å². The summed E-state index contributed by atoms with van der Waals surface area (Å²) < 4.78 is 11.1. The quantitative estimate of drug-likeness (QED) is 0.697. The van der Waals surface area contributed by atoms with Gasteiger partial charge in [0, 0.05) is 12.3 Å². The summed E-state index contributed by atoms with van der Waals surface area (Å²) in [6.45, 7) is 4.22. The highest BCUT2D eigenvalue weighted by Gasteiger charge is 2.62. The van der Waals surface area contributed by atoms with E-state index in [1.807, 2.05) is 13.8 Å². The number of fused-ring (bicyclic) bond motifs is 1. The van der Waals surface area contributed by atoms with Gasteiger partial charge >= 0.3 is 5.97 Å². The molecule has 1 aliphatic heterocycles. The molecule has 4 heteroatoms. The van der Waals surface area contributed by atoms with E-state index >= 15 is 0 Å². The first-order valence-electron chi connectivity index (χ1n) is 6.90. The molecule has 3 aliphatic rings. The van der Waals surface area contributed by atoms with E-state index in [1.54, 1.807) is 0 Å². The Morgan fingerprint density at radius 2 is 2.22 bits per heavy atom.